The van der Waals surface area contributed by atoms with Crippen LogP contribution in [0, 0.1) is 17.0 Å². The topological polar surface area (TPSA) is 106 Å². The molecule has 0 unspecified atom stereocenters. The number of nitrogens with zero attached hydrogens (tertiary/aromatic N) is 1. The van der Waals surface area contributed by atoms with Gasteiger partial charge in [0, 0.05) is 17.8 Å². The molecule has 1 aromatic carbocycles. The zero-order valence-corrected chi connectivity index (χ0v) is 15.5. The molecule has 0 aliphatic heterocycles. The van der Waals surface area contributed by atoms with Gasteiger partial charge in [0.25, 0.3) is 5.69 Å². The predicted molar refractivity (Wildman–Crippen MR) is 96.8 cm³/mol. The van der Waals surface area contributed by atoms with Crippen LogP contribution in [0.25, 0.3) is 0 Å². The molecule has 12 heteroatoms. The number of aryl methyl sites for hydroxylation is 1. The van der Waals surface area contributed by atoms with Crippen LogP contribution in [0.3, 0.4) is 0 Å². The van der Waals surface area contributed by atoms with Gasteiger partial charge in [-0.05, 0) is 30.8 Å². The molecule has 0 aliphatic rings. The van der Waals surface area contributed by atoms with E-state index in [4.69, 9.17) is 47.0 Å². The zero-order chi connectivity index (χ0) is 18.5. The van der Waals surface area contributed by atoms with Gasteiger partial charge >= 0.3 is 6.09 Å². The van der Waals surface area contributed by atoms with Crippen LogP contribution in [0.1, 0.15) is 5.56 Å². The van der Waals surface area contributed by atoms with Gasteiger partial charge < -0.3 is 15.4 Å². The highest BCUT2D eigenvalue weighted by Gasteiger charge is 2.35. The van der Waals surface area contributed by atoms with Crippen molar-refractivity contribution in [3.63, 3.8) is 0 Å². The minimum atomic E-state index is -1.91. The summed E-state index contributed by atoms with van der Waals surface area (Å²) in [4.78, 5) is 21.5. The average molecular weight is 416 g/mol. The second kappa shape index (κ2) is 8.52. The van der Waals surface area contributed by atoms with Crippen molar-refractivity contribution in [2.75, 3.05) is 12.4 Å². The Balaban J connectivity index is 2.82. The molecule has 0 spiro atoms. The number of hydrogen-bond acceptors (Lipinski definition) is 5. The third kappa shape index (κ3) is 6.16. The Labute approximate surface area is 157 Å². The van der Waals surface area contributed by atoms with Gasteiger partial charge in [-0.2, -0.15) is 0 Å². The molecule has 3 N–H and O–H groups in total. The van der Waals surface area contributed by atoms with E-state index in [1.807, 2.05) is 0 Å². The minimum Gasteiger partial charge on any atom is -0.453 e. The number of nitro groups is 1. The zero-order valence-electron chi connectivity index (χ0n) is 12.4. The van der Waals surface area contributed by atoms with E-state index in [0.717, 1.165) is 7.11 Å². The highest BCUT2D eigenvalue weighted by Crippen LogP contribution is 2.29. The van der Waals surface area contributed by atoms with E-state index in [2.05, 4.69) is 20.7 Å². The Morgan fingerprint density at radius 3 is 2.46 bits per heavy atom. The summed E-state index contributed by atoms with van der Waals surface area (Å²) in [6.45, 7) is 1.66. The summed E-state index contributed by atoms with van der Waals surface area (Å²) in [6, 6.07) is 4.18. The maximum absolute atomic E-state index is 11.3. The van der Waals surface area contributed by atoms with Gasteiger partial charge in [0.15, 0.2) is 11.3 Å². The van der Waals surface area contributed by atoms with Gasteiger partial charge in [-0.3, -0.25) is 15.4 Å². The van der Waals surface area contributed by atoms with Crippen molar-refractivity contribution in [3.8, 4) is 0 Å². The second-order valence-electron chi connectivity index (χ2n) is 4.47. The lowest BCUT2D eigenvalue weighted by atomic mass is 10.2. The summed E-state index contributed by atoms with van der Waals surface area (Å²) >= 11 is 22.4. The maximum Gasteiger partial charge on any atom is 0.408 e. The van der Waals surface area contributed by atoms with E-state index < -0.39 is 21.0 Å². The van der Waals surface area contributed by atoms with Crippen molar-refractivity contribution in [3.05, 3.63) is 33.9 Å². The number of non-ortho nitro benzene ring substituents is 1. The molecule has 1 rings (SSSR count). The third-order valence-electron chi connectivity index (χ3n) is 2.72. The fraction of sp³-hybridized carbons (Fsp3) is 0.333. The molecule has 0 saturated heterocycles. The number of carbonyl (C=O) groups excluding carboxylic acids is 1. The average Bonchev–Trinajstić information content (AvgIpc) is 2.47. The summed E-state index contributed by atoms with van der Waals surface area (Å²) in [6.07, 6.45) is -2.00. The number of rotatable bonds is 4. The van der Waals surface area contributed by atoms with E-state index in [-0.39, 0.29) is 10.8 Å². The fourth-order valence-corrected chi connectivity index (χ4v) is 2.12. The number of amides is 1. The summed E-state index contributed by atoms with van der Waals surface area (Å²) in [5.74, 6) is 0. The van der Waals surface area contributed by atoms with Gasteiger partial charge in [0.1, 0.15) is 0 Å². The molecule has 0 fully saturated rings. The molecule has 1 aromatic rings. The number of thiocarbonyl (C=S) groups is 1. The number of ether oxygens (including phenoxy) is 1. The van der Waals surface area contributed by atoms with Crippen LogP contribution in [0.2, 0.25) is 0 Å². The Morgan fingerprint density at radius 2 is 2.00 bits per heavy atom. The normalized spacial score (nSPS) is 12.0. The molecule has 0 radical (unpaired) electrons. The van der Waals surface area contributed by atoms with Crippen molar-refractivity contribution < 1.29 is 14.5 Å². The van der Waals surface area contributed by atoms with E-state index >= 15 is 0 Å². The number of methoxy groups -OCH3 is 1. The Kier molecular flexibility index (Phi) is 7.27. The first-order chi connectivity index (χ1) is 11.0. The predicted octanol–water partition coefficient (Wildman–Crippen LogP) is 3.24. The van der Waals surface area contributed by atoms with Crippen molar-refractivity contribution >= 4 is 69.6 Å². The number of alkyl halides is 3. The molecule has 0 aliphatic carbocycles. The summed E-state index contributed by atoms with van der Waals surface area (Å²) in [5.41, 5.74) is 1.04. The molecule has 0 saturated carbocycles. The first-order valence-electron chi connectivity index (χ1n) is 6.28. The molecular formula is C12H13Cl3N4O4S. The molecule has 0 bridgehead atoms. The molecule has 8 nitrogen and oxygen atoms in total. The van der Waals surface area contributed by atoms with Crippen LogP contribution in [0.5, 0.6) is 0 Å². The molecule has 1 amide bonds. The van der Waals surface area contributed by atoms with Crippen LogP contribution in [-0.4, -0.2) is 33.2 Å². The number of alkyl carbamates (subject to hydrolysis) is 1. The minimum absolute atomic E-state index is 0.0275. The quantitative estimate of drug-likeness (QED) is 0.228. The number of nitro benzene ring substituents is 1. The number of nitrogens with one attached hydrogen (secondary N) is 3. The van der Waals surface area contributed by atoms with E-state index in [9.17, 15) is 14.9 Å². The number of anilines is 1. The molecular weight excluding hydrogens is 403 g/mol. The van der Waals surface area contributed by atoms with Gasteiger partial charge in [-0.1, -0.05) is 34.8 Å². The van der Waals surface area contributed by atoms with E-state index in [0.29, 0.717) is 11.3 Å². The lowest BCUT2D eigenvalue weighted by Gasteiger charge is -2.27. The summed E-state index contributed by atoms with van der Waals surface area (Å²) < 4.78 is 2.52. The molecule has 24 heavy (non-hydrogen) atoms. The van der Waals surface area contributed by atoms with Crippen LogP contribution in [0.4, 0.5) is 16.2 Å². The molecule has 132 valence electrons. The first kappa shape index (κ1) is 20.5. The van der Waals surface area contributed by atoms with Gasteiger partial charge in [-0.15, -0.1) is 0 Å². The van der Waals surface area contributed by atoms with Crippen molar-refractivity contribution in [1.82, 2.24) is 10.6 Å². The maximum atomic E-state index is 11.3. The van der Waals surface area contributed by atoms with Crippen LogP contribution in [-0.2, 0) is 4.74 Å². The first-order valence-corrected chi connectivity index (χ1v) is 7.82. The second-order valence-corrected chi connectivity index (χ2v) is 7.24. The summed E-state index contributed by atoms with van der Waals surface area (Å²) in [5, 5.41) is 18.4. The number of benzene rings is 1. The smallest absolute Gasteiger partial charge is 0.408 e. The monoisotopic (exact) mass is 414 g/mol. The van der Waals surface area contributed by atoms with Crippen LogP contribution >= 0.6 is 47.0 Å². The SMILES string of the molecule is COC(=O)N[C@@H](NC(=S)Nc1ccc([N+](=O)[O-])cc1C)C(Cl)(Cl)Cl. The molecule has 1 atom stereocenters. The largest absolute Gasteiger partial charge is 0.453 e. The van der Waals surface area contributed by atoms with Crippen molar-refractivity contribution in [2.24, 2.45) is 0 Å². The van der Waals surface area contributed by atoms with E-state index in [1.54, 1.807) is 6.92 Å². The number of hydrogen-bond donors (Lipinski definition) is 3. The Morgan fingerprint density at radius 1 is 1.38 bits per heavy atom. The fourth-order valence-electron chi connectivity index (χ4n) is 1.57. The summed E-state index contributed by atoms with van der Waals surface area (Å²) in [7, 11) is 1.15. The Hall–Kier alpha value is -1.55. The lowest BCUT2D eigenvalue weighted by molar-refractivity contribution is -0.384. The van der Waals surface area contributed by atoms with Gasteiger partial charge in [-0.25, -0.2) is 4.79 Å². The van der Waals surface area contributed by atoms with E-state index in [1.165, 1.54) is 18.2 Å². The lowest BCUT2D eigenvalue weighted by Crippen LogP contribution is -2.56. The number of halogens is 3. The van der Waals surface area contributed by atoms with Crippen molar-refractivity contribution in [2.45, 2.75) is 16.9 Å². The molecule has 0 heterocycles. The number of carbonyl (C=O) groups is 1. The van der Waals surface area contributed by atoms with Crippen LogP contribution in [0.15, 0.2) is 18.2 Å². The van der Waals surface area contributed by atoms with Gasteiger partial charge in [0.05, 0.1) is 12.0 Å². The third-order valence-corrected chi connectivity index (χ3v) is 3.59. The van der Waals surface area contributed by atoms with Crippen LogP contribution < -0.4 is 16.0 Å². The Bertz CT molecular complexity index is 654. The highest BCUT2D eigenvalue weighted by molar-refractivity contribution is 7.80. The van der Waals surface area contributed by atoms with Gasteiger partial charge in [0.2, 0.25) is 3.79 Å². The standard InChI is InChI=1S/C12H13Cl3N4O4S/c1-6-5-7(19(21)22)3-4-8(6)16-10(24)17-9(12(13,14)15)18-11(20)23-2/h3-5,9H,1-2H3,(H,18,20)(H2,16,17,24)/t9-/m1/s1. The highest BCUT2D eigenvalue weighted by atomic mass is 35.6. The van der Waals surface area contributed by atoms with Crippen molar-refractivity contribution in [1.29, 1.82) is 0 Å². The molecule has 0 aromatic heterocycles.